The Hall–Kier alpha value is -3.12. The minimum Gasteiger partial charge on any atom is -0.493 e. The van der Waals surface area contributed by atoms with Gasteiger partial charge in [-0.05, 0) is 43.2 Å². The molecule has 29 heavy (non-hydrogen) atoms. The van der Waals surface area contributed by atoms with Gasteiger partial charge in [-0.1, -0.05) is 18.2 Å². The number of piperidine rings is 1. The molecule has 0 spiro atoms. The first-order valence-corrected chi connectivity index (χ1v) is 9.77. The van der Waals surface area contributed by atoms with Gasteiger partial charge in [0.1, 0.15) is 0 Å². The minimum absolute atomic E-state index is 0.0252. The summed E-state index contributed by atoms with van der Waals surface area (Å²) < 4.78 is 10.8. The summed E-state index contributed by atoms with van der Waals surface area (Å²) in [6.07, 6.45) is 1.66. The van der Waals surface area contributed by atoms with Gasteiger partial charge in [0.15, 0.2) is 11.5 Å². The normalized spacial score (nSPS) is 14.8. The molecular weight excluding hydrogens is 366 g/mol. The fourth-order valence-electron chi connectivity index (χ4n) is 3.77. The molecule has 1 amide bonds. The molecule has 6 heteroatoms. The number of pyridine rings is 1. The molecule has 2 heterocycles. The molecule has 1 aliphatic rings. The summed E-state index contributed by atoms with van der Waals surface area (Å²) in [6, 6.07) is 15.4. The van der Waals surface area contributed by atoms with E-state index in [9.17, 15) is 4.79 Å². The predicted molar refractivity (Wildman–Crippen MR) is 113 cm³/mol. The second kappa shape index (κ2) is 8.09. The maximum absolute atomic E-state index is 13.3. The van der Waals surface area contributed by atoms with Crippen molar-refractivity contribution in [1.82, 2.24) is 9.88 Å². The first-order chi connectivity index (χ1) is 14.1. The van der Waals surface area contributed by atoms with Gasteiger partial charge in [-0.15, -0.1) is 0 Å². The van der Waals surface area contributed by atoms with Gasteiger partial charge in [0, 0.05) is 30.1 Å². The topological polar surface area (TPSA) is 77.7 Å². The lowest BCUT2D eigenvalue weighted by Gasteiger charge is -2.30. The molecule has 6 nitrogen and oxygen atoms in total. The minimum atomic E-state index is 0.0252. The highest BCUT2D eigenvalue weighted by atomic mass is 16.5. The Labute approximate surface area is 170 Å². The zero-order valence-corrected chi connectivity index (χ0v) is 16.7. The van der Waals surface area contributed by atoms with Gasteiger partial charge in [0.2, 0.25) is 0 Å². The zero-order chi connectivity index (χ0) is 20.4. The number of methoxy groups -OCH3 is 2. The molecule has 0 atom stereocenters. The number of carbonyl (C=O) groups excluding carboxylic acids is 1. The molecule has 4 rings (SSSR count). The number of fused-ring (bicyclic) bond motifs is 1. The number of nitrogens with two attached hydrogens (primary N) is 1. The van der Waals surface area contributed by atoms with E-state index in [1.165, 1.54) is 0 Å². The Bertz CT molecular complexity index is 1040. The lowest BCUT2D eigenvalue weighted by Crippen LogP contribution is -2.42. The summed E-state index contributed by atoms with van der Waals surface area (Å²) in [5.41, 5.74) is 9.05. The number of benzene rings is 2. The Kier molecular flexibility index (Phi) is 5.36. The quantitative estimate of drug-likeness (QED) is 0.737. The van der Waals surface area contributed by atoms with E-state index in [2.05, 4.69) is 0 Å². The van der Waals surface area contributed by atoms with E-state index >= 15 is 0 Å². The van der Waals surface area contributed by atoms with Crippen LogP contribution in [0.2, 0.25) is 0 Å². The molecule has 2 N–H and O–H groups in total. The predicted octanol–water partition coefficient (Wildman–Crippen LogP) is 3.48. The first kappa shape index (κ1) is 19.2. The maximum Gasteiger partial charge on any atom is 0.254 e. The maximum atomic E-state index is 13.3. The third-order valence-corrected chi connectivity index (χ3v) is 5.45. The number of rotatable bonds is 4. The third kappa shape index (κ3) is 3.76. The summed E-state index contributed by atoms with van der Waals surface area (Å²) in [5.74, 6) is 1.30. The number of likely N-dealkylation sites (tertiary alicyclic amines) is 1. The molecule has 150 valence electrons. The van der Waals surface area contributed by atoms with Crippen molar-refractivity contribution < 1.29 is 14.3 Å². The fourth-order valence-corrected chi connectivity index (χ4v) is 3.77. The van der Waals surface area contributed by atoms with Crippen LogP contribution in [0, 0.1) is 0 Å². The zero-order valence-electron chi connectivity index (χ0n) is 16.7. The van der Waals surface area contributed by atoms with Crippen LogP contribution in [-0.4, -0.2) is 49.1 Å². The molecule has 0 unspecified atom stereocenters. The van der Waals surface area contributed by atoms with Gasteiger partial charge in [-0.2, -0.15) is 0 Å². The summed E-state index contributed by atoms with van der Waals surface area (Å²) in [6.45, 7) is 1.37. The van der Waals surface area contributed by atoms with E-state index in [1.807, 2.05) is 53.4 Å². The molecule has 1 fully saturated rings. The number of ether oxygens (including phenoxy) is 2. The van der Waals surface area contributed by atoms with Crippen molar-refractivity contribution in [3.8, 4) is 22.8 Å². The van der Waals surface area contributed by atoms with Gasteiger partial charge >= 0.3 is 0 Å². The first-order valence-electron chi connectivity index (χ1n) is 9.77. The van der Waals surface area contributed by atoms with E-state index in [4.69, 9.17) is 20.2 Å². The van der Waals surface area contributed by atoms with Crippen LogP contribution in [0.1, 0.15) is 23.2 Å². The van der Waals surface area contributed by atoms with E-state index in [0.717, 1.165) is 35.0 Å². The van der Waals surface area contributed by atoms with Crippen LogP contribution in [0.15, 0.2) is 48.5 Å². The molecular formula is C23H25N3O3. The van der Waals surface area contributed by atoms with Crippen LogP contribution >= 0.6 is 0 Å². The van der Waals surface area contributed by atoms with E-state index in [-0.39, 0.29) is 11.9 Å². The highest BCUT2D eigenvalue weighted by Crippen LogP contribution is 2.33. The number of para-hydroxylation sites is 1. The van der Waals surface area contributed by atoms with Crippen molar-refractivity contribution in [1.29, 1.82) is 0 Å². The van der Waals surface area contributed by atoms with Crippen molar-refractivity contribution in [2.75, 3.05) is 27.3 Å². The SMILES string of the molecule is COc1ccc(-c2cc(C(=O)N3CCC(N)CC3)c3ccccc3n2)cc1OC. The van der Waals surface area contributed by atoms with Crippen molar-refractivity contribution in [2.45, 2.75) is 18.9 Å². The van der Waals surface area contributed by atoms with Crippen LogP contribution in [-0.2, 0) is 0 Å². The Balaban J connectivity index is 1.80. The van der Waals surface area contributed by atoms with Crippen LogP contribution in [0.3, 0.4) is 0 Å². The standard InChI is InChI=1S/C23H25N3O3/c1-28-21-8-7-15(13-22(21)29-2)20-14-18(17-5-3-4-6-19(17)25-20)23(27)26-11-9-16(24)10-12-26/h3-8,13-14,16H,9-12,24H2,1-2H3. The van der Waals surface area contributed by atoms with Gasteiger partial charge < -0.3 is 20.1 Å². The van der Waals surface area contributed by atoms with Crippen molar-refractivity contribution in [3.05, 3.63) is 54.1 Å². The van der Waals surface area contributed by atoms with E-state index < -0.39 is 0 Å². The molecule has 3 aromatic rings. The van der Waals surface area contributed by atoms with Gasteiger partial charge in [-0.3, -0.25) is 4.79 Å². The highest BCUT2D eigenvalue weighted by Gasteiger charge is 2.24. The number of hydrogen-bond acceptors (Lipinski definition) is 5. The van der Waals surface area contributed by atoms with Gasteiger partial charge in [0.05, 0.1) is 31.0 Å². The van der Waals surface area contributed by atoms with E-state index in [0.29, 0.717) is 30.2 Å². The average molecular weight is 391 g/mol. The fraction of sp³-hybridized carbons (Fsp3) is 0.304. The smallest absolute Gasteiger partial charge is 0.254 e. The molecule has 1 saturated heterocycles. The summed E-state index contributed by atoms with van der Waals surface area (Å²) in [7, 11) is 3.21. The van der Waals surface area contributed by atoms with E-state index in [1.54, 1.807) is 14.2 Å². The third-order valence-electron chi connectivity index (χ3n) is 5.45. The summed E-state index contributed by atoms with van der Waals surface area (Å²) in [4.78, 5) is 20.0. The van der Waals surface area contributed by atoms with Crippen molar-refractivity contribution in [2.24, 2.45) is 5.73 Å². The number of amides is 1. The van der Waals surface area contributed by atoms with Gasteiger partial charge in [0.25, 0.3) is 5.91 Å². The average Bonchev–Trinajstić information content (AvgIpc) is 2.77. The van der Waals surface area contributed by atoms with Gasteiger partial charge in [-0.25, -0.2) is 4.98 Å². The van der Waals surface area contributed by atoms with Crippen LogP contribution in [0.4, 0.5) is 0 Å². The largest absolute Gasteiger partial charge is 0.493 e. The van der Waals surface area contributed by atoms with Crippen molar-refractivity contribution in [3.63, 3.8) is 0 Å². The molecule has 2 aromatic carbocycles. The molecule has 0 aliphatic carbocycles. The Morgan fingerprint density at radius 3 is 2.48 bits per heavy atom. The molecule has 0 bridgehead atoms. The second-order valence-electron chi connectivity index (χ2n) is 7.27. The highest BCUT2D eigenvalue weighted by molar-refractivity contribution is 6.07. The lowest BCUT2D eigenvalue weighted by atomic mass is 10.0. The monoisotopic (exact) mass is 391 g/mol. The molecule has 0 radical (unpaired) electrons. The number of aromatic nitrogens is 1. The van der Waals surface area contributed by atoms with Crippen molar-refractivity contribution >= 4 is 16.8 Å². The lowest BCUT2D eigenvalue weighted by molar-refractivity contribution is 0.0716. The number of nitrogens with zero attached hydrogens (tertiary/aromatic N) is 2. The number of carbonyl (C=O) groups is 1. The van der Waals surface area contributed by atoms with Crippen LogP contribution < -0.4 is 15.2 Å². The molecule has 1 aliphatic heterocycles. The Morgan fingerprint density at radius 1 is 1.03 bits per heavy atom. The Morgan fingerprint density at radius 2 is 1.76 bits per heavy atom. The number of hydrogen-bond donors (Lipinski definition) is 1. The molecule has 0 saturated carbocycles. The summed E-state index contributed by atoms with van der Waals surface area (Å²) in [5, 5.41) is 0.858. The second-order valence-corrected chi connectivity index (χ2v) is 7.27. The van der Waals surface area contributed by atoms with Crippen LogP contribution in [0.25, 0.3) is 22.2 Å². The van der Waals surface area contributed by atoms with Crippen LogP contribution in [0.5, 0.6) is 11.5 Å². The summed E-state index contributed by atoms with van der Waals surface area (Å²) >= 11 is 0. The molecule has 1 aromatic heterocycles.